The summed E-state index contributed by atoms with van der Waals surface area (Å²) in [6.07, 6.45) is 3.96. The number of carbonyl (C=O) groups excluding carboxylic acids is 2. The molecule has 1 aromatic carbocycles. The number of thiazole rings is 1. The zero-order valence-corrected chi connectivity index (χ0v) is 22.6. The molecule has 3 aromatic heterocycles. The summed E-state index contributed by atoms with van der Waals surface area (Å²) < 4.78 is 8.65. The molecule has 7 nitrogen and oxygen atoms in total. The number of aryl methyl sites for hydroxylation is 1. The van der Waals surface area contributed by atoms with Crippen molar-refractivity contribution in [3.05, 3.63) is 58.5 Å². The quantitative estimate of drug-likeness (QED) is 0.230. The molecule has 0 aliphatic carbocycles. The molecule has 3 heterocycles. The molecule has 0 amide bonds. The lowest BCUT2D eigenvalue weighted by Gasteiger charge is -2.07. The summed E-state index contributed by atoms with van der Waals surface area (Å²) in [6.45, 7) is 8.80. The first-order valence-electron chi connectivity index (χ1n) is 10.6. The molecule has 0 aliphatic rings. The summed E-state index contributed by atoms with van der Waals surface area (Å²) in [5.74, 6) is 0.601. The number of thioether (sulfide) groups is 1. The first kappa shape index (κ1) is 26.9. The fourth-order valence-corrected chi connectivity index (χ4v) is 5.93. The average Bonchev–Trinajstić information content (AvgIpc) is 3.40. The molecule has 4 aromatic rings. The number of halogens is 2. The van der Waals surface area contributed by atoms with Crippen molar-refractivity contribution in [1.82, 2.24) is 19.7 Å². The van der Waals surface area contributed by atoms with Crippen LogP contribution in [0.2, 0.25) is 10.0 Å². The average molecular weight is 550 g/mol. The van der Waals surface area contributed by atoms with Crippen LogP contribution < -0.4 is 4.74 Å². The predicted molar refractivity (Wildman–Crippen MR) is 140 cm³/mol. The minimum atomic E-state index is 0.250. The number of ether oxygens (including phenoxy) is 1. The third kappa shape index (κ3) is 6.51. The third-order valence-electron chi connectivity index (χ3n) is 4.56. The van der Waals surface area contributed by atoms with E-state index in [-0.39, 0.29) is 6.15 Å². The maximum absolute atomic E-state index is 8.12. The second kappa shape index (κ2) is 12.3. The Morgan fingerprint density at radius 2 is 1.91 bits per heavy atom. The number of nitrogens with zero attached hydrogens (tertiary/aromatic N) is 4. The van der Waals surface area contributed by atoms with Gasteiger partial charge in [-0.15, -0.1) is 11.8 Å². The van der Waals surface area contributed by atoms with E-state index in [1.807, 2.05) is 49.0 Å². The van der Waals surface area contributed by atoms with E-state index in [4.69, 9.17) is 47.6 Å². The lowest BCUT2D eigenvalue weighted by atomic mass is 10.1. The van der Waals surface area contributed by atoms with Gasteiger partial charge in [0.15, 0.2) is 0 Å². The van der Waals surface area contributed by atoms with Gasteiger partial charge in [-0.3, -0.25) is 0 Å². The standard InChI is InChI=1S/C23H22Cl2N4OS2.CO2/c1-5-30-21-16(7-6-10-26-21)17-12-29(28-14(17)4)23-27-20(22(32-23)31-13(2)3)15-8-9-18(24)19(25)11-15;2-1-3/h6-13H,5H2,1-4H3;. The van der Waals surface area contributed by atoms with Crippen molar-refractivity contribution < 1.29 is 14.3 Å². The fraction of sp³-hybridized carbons (Fsp3) is 0.250. The van der Waals surface area contributed by atoms with Gasteiger partial charge in [0, 0.05) is 34.3 Å². The van der Waals surface area contributed by atoms with Crippen molar-refractivity contribution in [2.24, 2.45) is 0 Å². The number of hydrogen-bond donors (Lipinski definition) is 0. The van der Waals surface area contributed by atoms with E-state index >= 15 is 0 Å². The monoisotopic (exact) mass is 548 g/mol. The molecule has 182 valence electrons. The van der Waals surface area contributed by atoms with Gasteiger partial charge in [-0.1, -0.05) is 54.5 Å². The van der Waals surface area contributed by atoms with Gasteiger partial charge in [0.1, 0.15) is 0 Å². The van der Waals surface area contributed by atoms with Crippen molar-refractivity contribution in [1.29, 1.82) is 0 Å². The molecule has 11 heteroatoms. The molecular weight excluding hydrogens is 527 g/mol. The summed E-state index contributed by atoms with van der Waals surface area (Å²) in [5.41, 5.74) is 4.57. The molecule has 0 radical (unpaired) electrons. The van der Waals surface area contributed by atoms with Crippen LogP contribution in [0.3, 0.4) is 0 Å². The van der Waals surface area contributed by atoms with Crippen LogP contribution in [0.4, 0.5) is 0 Å². The highest BCUT2D eigenvalue weighted by Crippen LogP contribution is 2.41. The lowest BCUT2D eigenvalue weighted by molar-refractivity contribution is -0.191. The minimum Gasteiger partial charge on any atom is -0.478 e. The molecule has 0 bridgehead atoms. The van der Waals surface area contributed by atoms with Gasteiger partial charge in [0.2, 0.25) is 11.0 Å². The summed E-state index contributed by atoms with van der Waals surface area (Å²) in [7, 11) is 0. The molecular formula is C24H22Cl2N4O3S2. The van der Waals surface area contributed by atoms with Gasteiger partial charge in [-0.2, -0.15) is 14.7 Å². The van der Waals surface area contributed by atoms with Gasteiger partial charge < -0.3 is 4.74 Å². The van der Waals surface area contributed by atoms with E-state index in [9.17, 15) is 0 Å². The minimum absolute atomic E-state index is 0.250. The molecule has 4 rings (SSSR count). The SMILES string of the molecule is CCOc1ncccc1-c1cn(-c2nc(-c3ccc(Cl)c(Cl)c3)c(SC(C)C)s2)nc1C.O=C=O. The second-order valence-electron chi connectivity index (χ2n) is 7.37. The van der Waals surface area contributed by atoms with Crippen LogP contribution in [0.1, 0.15) is 26.5 Å². The van der Waals surface area contributed by atoms with E-state index in [1.54, 1.807) is 35.4 Å². The van der Waals surface area contributed by atoms with Crippen molar-refractivity contribution in [3.63, 3.8) is 0 Å². The molecule has 0 fully saturated rings. The van der Waals surface area contributed by atoms with Crippen LogP contribution in [0, 0.1) is 6.92 Å². The summed E-state index contributed by atoms with van der Waals surface area (Å²) in [4.78, 5) is 25.6. The van der Waals surface area contributed by atoms with Crippen molar-refractivity contribution >= 4 is 52.5 Å². The first-order chi connectivity index (χ1) is 16.8. The van der Waals surface area contributed by atoms with E-state index in [2.05, 4.69) is 18.8 Å². The van der Waals surface area contributed by atoms with E-state index in [0.717, 1.165) is 37.4 Å². The van der Waals surface area contributed by atoms with Gasteiger partial charge in [-0.05, 0) is 38.1 Å². The normalized spacial score (nSPS) is 10.6. The Bertz CT molecular complexity index is 1350. The molecule has 0 unspecified atom stereocenters. The van der Waals surface area contributed by atoms with Gasteiger partial charge in [0.05, 0.1) is 32.2 Å². The van der Waals surface area contributed by atoms with Crippen molar-refractivity contribution in [2.45, 2.75) is 37.2 Å². The number of pyridine rings is 1. The maximum atomic E-state index is 8.12. The third-order valence-corrected chi connectivity index (χ3v) is 7.55. The van der Waals surface area contributed by atoms with Crippen LogP contribution >= 0.6 is 46.3 Å². The zero-order valence-electron chi connectivity index (χ0n) is 19.4. The Morgan fingerprint density at radius 3 is 2.57 bits per heavy atom. The van der Waals surface area contributed by atoms with Crippen molar-refractivity contribution in [3.8, 4) is 33.4 Å². The zero-order chi connectivity index (χ0) is 25.5. The molecule has 0 saturated carbocycles. The number of benzene rings is 1. The van der Waals surface area contributed by atoms with Crippen LogP contribution in [0.25, 0.3) is 27.5 Å². The second-order valence-corrected chi connectivity index (χ2v) is 11.0. The highest BCUT2D eigenvalue weighted by atomic mass is 35.5. The van der Waals surface area contributed by atoms with E-state index in [1.165, 1.54) is 0 Å². The van der Waals surface area contributed by atoms with Crippen LogP contribution in [0.15, 0.2) is 46.9 Å². The molecule has 0 N–H and O–H groups in total. The topological polar surface area (TPSA) is 87.0 Å². The van der Waals surface area contributed by atoms with Crippen LogP contribution in [-0.4, -0.2) is 37.8 Å². The molecule has 0 aliphatic heterocycles. The Balaban J connectivity index is 0.00000108. The summed E-state index contributed by atoms with van der Waals surface area (Å²) in [6, 6.07) is 9.50. The lowest BCUT2D eigenvalue weighted by Crippen LogP contribution is -1.96. The first-order valence-corrected chi connectivity index (χ1v) is 13.0. The highest BCUT2D eigenvalue weighted by molar-refractivity contribution is 8.01. The van der Waals surface area contributed by atoms with Gasteiger partial charge in [-0.25, -0.2) is 14.6 Å². The molecule has 0 spiro atoms. The Hall–Kier alpha value is -2.68. The highest BCUT2D eigenvalue weighted by Gasteiger charge is 2.20. The molecule has 35 heavy (non-hydrogen) atoms. The predicted octanol–water partition coefficient (Wildman–Crippen LogP) is 6.99. The Labute approximate surface area is 221 Å². The van der Waals surface area contributed by atoms with Crippen LogP contribution in [-0.2, 0) is 9.59 Å². The van der Waals surface area contributed by atoms with Crippen LogP contribution in [0.5, 0.6) is 5.88 Å². The summed E-state index contributed by atoms with van der Waals surface area (Å²) in [5, 5.41) is 6.97. The largest absolute Gasteiger partial charge is 0.478 e. The fourth-order valence-electron chi connectivity index (χ4n) is 3.18. The Kier molecular flexibility index (Phi) is 9.48. The van der Waals surface area contributed by atoms with Gasteiger partial charge in [0.25, 0.3) is 0 Å². The Morgan fingerprint density at radius 1 is 1.17 bits per heavy atom. The molecule has 0 saturated heterocycles. The smallest absolute Gasteiger partial charge is 0.373 e. The maximum Gasteiger partial charge on any atom is 0.373 e. The molecule has 0 atom stereocenters. The van der Waals surface area contributed by atoms with Crippen molar-refractivity contribution in [2.75, 3.05) is 6.61 Å². The number of hydrogen-bond acceptors (Lipinski definition) is 8. The van der Waals surface area contributed by atoms with E-state index in [0.29, 0.717) is 27.8 Å². The van der Waals surface area contributed by atoms with E-state index < -0.39 is 0 Å². The number of aromatic nitrogens is 4. The van der Waals surface area contributed by atoms with Gasteiger partial charge >= 0.3 is 6.15 Å². The number of rotatable bonds is 7. The summed E-state index contributed by atoms with van der Waals surface area (Å²) >= 11 is 15.8.